The maximum absolute atomic E-state index is 5.10. The highest BCUT2D eigenvalue weighted by molar-refractivity contribution is 4.56. The van der Waals surface area contributed by atoms with Crippen molar-refractivity contribution < 1.29 is 4.74 Å². The predicted octanol–water partition coefficient (Wildman–Crippen LogP) is 4.12. The van der Waals surface area contributed by atoms with Crippen LogP contribution >= 0.6 is 0 Å². The van der Waals surface area contributed by atoms with Gasteiger partial charge >= 0.3 is 0 Å². The summed E-state index contributed by atoms with van der Waals surface area (Å²) in [6, 6.07) is 0. The highest BCUT2D eigenvalue weighted by Gasteiger charge is 2.06. The molecule has 0 heterocycles. The molecule has 0 saturated carbocycles. The van der Waals surface area contributed by atoms with Crippen LogP contribution in [0, 0.1) is 5.92 Å². The van der Waals surface area contributed by atoms with Gasteiger partial charge in [0.25, 0.3) is 0 Å². The van der Waals surface area contributed by atoms with Crippen LogP contribution in [0.25, 0.3) is 0 Å². The standard InChI is InChI=1S/C7H16O.2C2H6/c1-5-6(2)7(3)8-4;2*1-2/h6-7H,5H2,1-4H3;2*1-2H3. The molecule has 2 unspecified atom stereocenters. The maximum atomic E-state index is 5.10. The van der Waals surface area contributed by atoms with Crippen LogP contribution in [0.2, 0.25) is 0 Å². The summed E-state index contributed by atoms with van der Waals surface area (Å²) in [6.07, 6.45) is 1.62. The van der Waals surface area contributed by atoms with E-state index in [0.717, 1.165) is 0 Å². The Morgan fingerprint density at radius 3 is 1.42 bits per heavy atom. The molecule has 0 aromatic rings. The highest BCUT2D eigenvalue weighted by atomic mass is 16.5. The molecule has 78 valence electrons. The van der Waals surface area contributed by atoms with Crippen LogP contribution in [0.1, 0.15) is 54.9 Å². The van der Waals surface area contributed by atoms with Crippen molar-refractivity contribution >= 4 is 0 Å². The van der Waals surface area contributed by atoms with E-state index in [1.807, 2.05) is 27.7 Å². The van der Waals surface area contributed by atoms with Crippen molar-refractivity contribution in [3.8, 4) is 0 Å². The third-order valence-electron chi connectivity index (χ3n) is 1.82. The molecule has 2 atom stereocenters. The second kappa shape index (κ2) is 17.2. The number of hydrogen-bond donors (Lipinski definition) is 0. The van der Waals surface area contributed by atoms with Crippen LogP contribution in [0.4, 0.5) is 0 Å². The Balaban J connectivity index is -0.000000175. The van der Waals surface area contributed by atoms with Gasteiger partial charge in [-0.2, -0.15) is 0 Å². The Labute approximate surface area is 79.5 Å². The zero-order chi connectivity index (χ0) is 10.6. The van der Waals surface area contributed by atoms with Crippen LogP contribution in [-0.2, 0) is 4.74 Å². The van der Waals surface area contributed by atoms with E-state index in [-0.39, 0.29) is 0 Å². The van der Waals surface area contributed by atoms with Gasteiger partial charge in [0.05, 0.1) is 6.10 Å². The van der Waals surface area contributed by atoms with Gasteiger partial charge in [0.1, 0.15) is 0 Å². The molecule has 1 nitrogen and oxygen atoms in total. The first-order valence-corrected chi connectivity index (χ1v) is 5.25. The minimum atomic E-state index is 0.417. The largest absolute Gasteiger partial charge is 0.381 e. The lowest BCUT2D eigenvalue weighted by atomic mass is 10.0. The highest BCUT2D eigenvalue weighted by Crippen LogP contribution is 2.08. The van der Waals surface area contributed by atoms with Gasteiger partial charge in [-0.1, -0.05) is 48.0 Å². The van der Waals surface area contributed by atoms with Gasteiger partial charge in [-0.3, -0.25) is 0 Å². The van der Waals surface area contributed by atoms with Crippen LogP contribution in [0.5, 0.6) is 0 Å². The first-order valence-electron chi connectivity index (χ1n) is 5.25. The van der Waals surface area contributed by atoms with E-state index in [1.165, 1.54) is 6.42 Å². The molecular weight excluding hydrogens is 148 g/mol. The summed E-state index contributed by atoms with van der Waals surface area (Å²) in [5.74, 6) is 0.694. The van der Waals surface area contributed by atoms with Gasteiger partial charge in [0.15, 0.2) is 0 Å². The van der Waals surface area contributed by atoms with Gasteiger partial charge in [-0.05, 0) is 12.8 Å². The van der Waals surface area contributed by atoms with Crippen molar-refractivity contribution in [3.63, 3.8) is 0 Å². The summed E-state index contributed by atoms with van der Waals surface area (Å²) >= 11 is 0. The number of hydrogen-bond acceptors (Lipinski definition) is 1. The summed E-state index contributed by atoms with van der Waals surface area (Å²) < 4.78 is 5.10. The van der Waals surface area contributed by atoms with E-state index in [9.17, 15) is 0 Å². The zero-order valence-corrected chi connectivity index (χ0v) is 10.3. The molecule has 0 saturated heterocycles. The topological polar surface area (TPSA) is 9.23 Å². The van der Waals surface area contributed by atoms with E-state index in [1.54, 1.807) is 7.11 Å². The lowest BCUT2D eigenvalue weighted by Gasteiger charge is -2.15. The van der Waals surface area contributed by atoms with Crippen molar-refractivity contribution in [1.82, 2.24) is 0 Å². The molecule has 0 bridgehead atoms. The second-order valence-electron chi connectivity index (χ2n) is 2.33. The monoisotopic (exact) mass is 176 g/mol. The van der Waals surface area contributed by atoms with E-state index >= 15 is 0 Å². The smallest absolute Gasteiger partial charge is 0.0568 e. The summed E-state index contributed by atoms with van der Waals surface area (Å²) in [5.41, 5.74) is 0. The van der Waals surface area contributed by atoms with Crippen molar-refractivity contribution in [3.05, 3.63) is 0 Å². The molecule has 0 N–H and O–H groups in total. The number of rotatable bonds is 3. The van der Waals surface area contributed by atoms with E-state index in [0.29, 0.717) is 12.0 Å². The molecule has 0 aliphatic rings. The molecule has 0 rings (SSSR count). The van der Waals surface area contributed by atoms with E-state index in [2.05, 4.69) is 20.8 Å². The molecule has 0 aromatic heterocycles. The molecule has 0 aromatic carbocycles. The average Bonchev–Trinajstić information content (AvgIpc) is 2.21. The predicted molar refractivity (Wildman–Crippen MR) is 58.6 cm³/mol. The average molecular weight is 176 g/mol. The molecular formula is C11H28O. The van der Waals surface area contributed by atoms with Gasteiger partial charge in [-0.15, -0.1) is 0 Å². The van der Waals surface area contributed by atoms with Gasteiger partial charge in [-0.25, -0.2) is 0 Å². The Hall–Kier alpha value is -0.0400. The van der Waals surface area contributed by atoms with Gasteiger partial charge < -0.3 is 4.74 Å². The maximum Gasteiger partial charge on any atom is 0.0568 e. The quantitative estimate of drug-likeness (QED) is 0.628. The van der Waals surface area contributed by atoms with Crippen LogP contribution in [-0.4, -0.2) is 13.2 Å². The van der Waals surface area contributed by atoms with Crippen LogP contribution in [0.15, 0.2) is 0 Å². The molecule has 12 heavy (non-hydrogen) atoms. The SMILES string of the molecule is CC.CC.CCC(C)C(C)OC. The zero-order valence-electron chi connectivity index (χ0n) is 10.3. The third kappa shape index (κ3) is 12.6. The first-order chi connectivity index (χ1) is 5.72. The Morgan fingerprint density at radius 1 is 1.00 bits per heavy atom. The van der Waals surface area contributed by atoms with Gasteiger partial charge in [0, 0.05) is 7.11 Å². The van der Waals surface area contributed by atoms with Crippen LogP contribution < -0.4 is 0 Å². The summed E-state index contributed by atoms with van der Waals surface area (Å²) in [4.78, 5) is 0. The fourth-order valence-corrected chi connectivity index (χ4v) is 0.564. The van der Waals surface area contributed by atoms with Crippen molar-refractivity contribution in [1.29, 1.82) is 0 Å². The second-order valence-corrected chi connectivity index (χ2v) is 2.33. The summed E-state index contributed by atoms with van der Waals surface area (Å²) in [5, 5.41) is 0. The lowest BCUT2D eigenvalue weighted by Crippen LogP contribution is -2.14. The molecule has 0 amide bonds. The minimum absolute atomic E-state index is 0.417. The van der Waals surface area contributed by atoms with E-state index in [4.69, 9.17) is 4.74 Å². The van der Waals surface area contributed by atoms with Gasteiger partial charge in [0.2, 0.25) is 0 Å². The molecule has 0 aliphatic carbocycles. The Morgan fingerprint density at radius 2 is 1.33 bits per heavy atom. The minimum Gasteiger partial charge on any atom is -0.381 e. The number of methoxy groups -OCH3 is 1. The van der Waals surface area contributed by atoms with Crippen molar-refractivity contribution in [2.24, 2.45) is 5.92 Å². The van der Waals surface area contributed by atoms with Crippen molar-refractivity contribution in [2.45, 2.75) is 61.0 Å². The summed E-state index contributed by atoms with van der Waals surface area (Å²) in [7, 11) is 1.76. The van der Waals surface area contributed by atoms with Crippen LogP contribution in [0.3, 0.4) is 0 Å². The number of ether oxygens (including phenoxy) is 1. The summed E-state index contributed by atoms with van der Waals surface area (Å²) in [6.45, 7) is 14.5. The Bertz CT molecular complexity index is 45.0. The fourth-order valence-electron chi connectivity index (χ4n) is 0.564. The fraction of sp³-hybridized carbons (Fsp3) is 1.00. The van der Waals surface area contributed by atoms with Crippen molar-refractivity contribution in [2.75, 3.05) is 7.11 Å². The first kappa shape index (κ1) is 17.9. The molecule has 1 heteroatoms. The Kier molecular flexibility index (Phi) is 25.6. The molecule has 0 aliphatic heterocycles. The third-order valence-corrected chi connectivity index (χ3v) is 1.82. The lowest BCUT2D eigenvalue weighted by molar-refractivity contribution is 0.0723. The molecule has 0 radical (unpaired) electrons. The normalized spacial score (nSPS) is 13.0. The van der Waals surface area contributed by atoms with E-state index < -0.39 is 0 Å². The molecule has 0 spiro atoms. The molecule has 0 fully saturated rings.